The van der Waals surface area contributed by atoms with Gasteiger partial charge in [-0.15, -0.1) is 0 Å². The SMILES string of the molecule is CCCCOC(=O)N1CCC(COc2ccc(C(C)CCS(=O)(=O)N(CCC(=O)OC)C3CCNO3)cc2)CC1. The largest absolute Gasteiger partial charge is 0.493 e. The number of rotatable bonds is 15. The van der Waals surface area contributed by atoms with Gasteiger partial charge in [0.2, 0.25) is 10.0 Å². The lowest BCUT2D eigenvalue weighted by atomic mass is 9.98. The van der Waals surface area contributed by atoms with Crippen LogP contribution in [0.5, 0.6) is 5.75 Å². The minimum Gasteiger partial charge on any atom is -0.493 e. The van der Waals surface area contributed by atoms with E-state index in [-0.39, 0.29) is 30.7 Å². The standard InChI is InChI=1S/C28H45N3O8S/c1-4-5-19-37-28(33)30-16-11-23(12-17-30)21-38-25-8-6-24(7-9-25)22(2)14-20-40(34,35)31(18-13-27(32)36-3)26-10-15-29-39-26/h6-9,22-23,26,29H,4-5,10-21H2,1-3H3. The number of methoxy groups -OCH3 is 1. The molecule has 2 aliphatic heterocycles. The zero-order valence-corrected chi connectivity index (χ0v) is 24.8. The van der Waals surface area contributed by atoms with Crippen LogP contribution < -0.4 is 10.2 Å². The van der Waals surface area contributed by atoms with Crippen LogP contribution in [-0.4, -0.2) is 88.2 Å². The van der Waals surface area contributed by atoms with E-state index in [1.165, 1.54) is 11.4 Å². The summed E-state index contributed by atoms with van der Waals surface area (Å²) < 4.78 is 43.6. The summed E-state index contributed by atoms with van der Waals surface area (Å²) in [7, 11) is -2.37. The van der Waals surface area contributed by atoms with Crippen molar-refractivity contribution in [2.24, 2.45) is 5.92 Å². The molecule has 0 spiro atoms. The Kier molecular flexibility index (Phi) is 13.0. The average Bonchev–Trinajstić information content (AvgIpc) is 3.50. The fraction of sp³-hybridized carbons (Fsp3) is 0.714. The lowest BCUT2D eigenvalue weighted by Gasteiger charge is -2.31. The third kappa shape index (κ3) is 9.90. The number of hydroxylamine groups is 1. The van der Waals surface area contributed by atoms with Crippen molar-refractivity contribution in [1.29, 1.82) is 0 Å². The molecule has 1 amide bonds. The lowest BCUT2D eigenvalue weighted by Crippen LogP contribution is -2.43. The Labute approximate surface area is 238 Å². The number of nitrogens with one attached hydrogen (secondary N) is 1. The molecule has 1 N–H and O–H groups in total. The van der Waals surface area contributed by atoms with E-state index in [2.05, 4.69) is 17.1 Å². The molecule has 11 nitrogen and oxygen atoms in total. The van der Waals surface area contributed by atoms with Gasteiger partial charge in [-0.1, -0.05) is 32.4 Å². The number of hydrogen-bond donors (Lipinski definition) is 1. The summed E-state index contributed by atoms with van der Waals surface area (Å²) in [6.45, 7) is 7.06. The van der Waals surface area contributed by atoms with Crippen molar-refractivity contribution in [2.75, 3.05) is 52.3 Å². The van der Waals surface area contributed by atoms with Gasteiger partial charge in [-0.05, 0) is 55.2 Å². The fourth-order valence-electron chi connectivity index (χ4n) is 4.76. The van der Waals surface area contributed by atoms with E-state index in [9.17, 15) is 18.0 Å². The van der Waals surface area contributed by atoms with Crippen LogP contribution in [0.15, 0.2) is 24.3 Å². The molecule has 2 atom stereocenters. The predicted molar refractivity (Wildman–Crippen MR) is 150 cm³/mol. The van der Waals surface area contributed by atoms with Crippen molar-refractivity contribution >= 4 is 22.1 Å². The first-order valence-corrected chi connectivity index (χ1v) is 15.9. The molecule has 0 saturated carbocycles. The monoisotopic (exact) mass is 583 g/mol. The van der Waals surface area contributed by atoms with Gasteiger partial charge in [-0.2, -0.15) is 4.31 Å². The molecule has 12 heteroatoms. The zero-order chi connectivity index (χ0) is 29.0. The number of piperidine rings is 1. The fourth-order valence-corrected chi connectivity index (χ4v) is 6.52. The molecule has 40 heavy (non-hydrogen) atoms. The molecule has 1 aromatic rings. The highest BCUT2D eigenvalue weighted by atomic mass is 32.2. The van der Waals surface area contributed by atoms with Crippen molar-refractivity contribution in [1.82, 2.24) is 14.7 Å². The number of amides is 1. The number of unbranched alkanes of at least 4 members (excludes halogenated alkanes) is 1. The second-order valence-corrected chi connectivity index (χ2v) is 12.5. The van der Waals surface area contributed by atoms with Gasteiger partial charge in [0.25, 0.3) is 0 Å². The first-order valence-electron chi connectivity index (χ1n) is 14.3. The first-order chi connectivity index (χ1) is 19.2. The maximum atomic E-state index is 13.2. The number of likely N-dealkylation sites (tertiary alicyclic amines) is 1. The highest BCUT2D eigenvalue weighted by Gasteiger charge is 2.34. The first kappa shape index (κ1) is 32.1. The minimum atomic E-state index is -3.65. The van der Waals surface area contributed by atoms with Gasteiger partial charge in [0.05, 0.1) is 32.5 Å². The van der Waals surface area contributed by atoms with Crippen molar-refractivity contribution in [3.63, 3.8) is 0 Å². The molecule has 2 unspecified atom stereocenters. The van der Waals surface area contributed by atoms with Crippen molar-refractivity contribution < 1.29 is 37.1 Å². The molecule has 2 heterocycles. The summed E-state index contributed by atoms with van der Waals surface area (Å²) in [4.78, 5) is 30.9. The summed E-state index contributed by atoms with van der Waals surface area (Å²) in [5, 5.41) is 0. The van der Waals surface area contributed by atoms with Crippen molar-refractivity contribution in [3.05, 3.63) is 29.8 Å². The van der Waals surface area contributed by atoms with Crippen LogP contribution in [-0.2, 0) is 29.1 Å². The van der Waals surface area contributed by atoms with E-state index in [4.69, 9.17) is 14.3 Å². The maximum Gasteiger partial charge on any atom is 0.409 e. The Morgan fingerprint density at radius 1 is 1.18 bits per heavy atom. The number of carbonyl (C=O) groups excluding carboxylic acids is 2. The number of esters is 1. The molecule has 0 aliphatic carbocycles. The highest BCUT2D eigenvalue weighted by Crippen LogP contribution is 2.26. The van der Waals surface area contributed by atoms with Crippen LogP contribution in [0, 0.1) is 5.92 Å². The van der Waals surface area contributed by atoms with E-state index in [0.717, 1.165) is 37.0 Å². The molecule has 3 rings (SSSR count). The van der Waals surface area contributed by atoms with Crippen LogP contribution >= 0.6 is 0 Å². The topological polar surface area (TPSA) is 124 Å². The Balaban J connectivity index is 1.43. The molecule has 226 valence electrons. The Bertz CT molecular complexity index is 1020. The van der Waals surface area contributed by atoms with Crippen LogP contribution in [0.3, 0.4) is 0 Å². The van der Waals surface area contributed by atoms with Crippen LogP contribution in [0.1, 0.15) is 70.3 Å². The molecule has 0 bridgehead atoms. The quantitative estimate of drug-likeness (QED) is 0.243. The van der Waals surface area contributed by atoms with Crippen LogP contribution in [0.2, 0.25) is 0 Å². The summed E-state index contributed by atoms with van der Waals surface area (Å²) in [6, 6.07) is 7.78. The van der Waals surface area contributed by atoms with Crippen LogP contribution in [0.4, 0.5) is 4.79 Å². The predicted octanol–water partition coefficient (Wildman–Crippen LogP) is 3.65. The van der Waals surface area contributed by atoms with Gasteiger partial charge in [0, 0.05) is 32.6 Å². The van der Waals surface area contributed by atoms with E-state index in [0.29, 0.717) is 51.6 Å². The van der Waals surface area contributed by atoms with Gasteiger partial charge in [-0.25, -0.2) is 18.7 Å². The Hall–Kier alpha value is -2.41. The lowest BCUT2D eigenvalue weighted by molar-refractivity contribution is -0.141. The number of carbonyl (C=O) groups is 2. The molecule has 0 aromatic heterocycles. The second kappa shape index (κ2) is 16.1. The summed E-state index contributed by atoms with van der Waals surface area (Å²) in [5.41, 5.74) is 3.74. The van der Waals surface area contributed by atoms with Crippen molar-refractivity contribution in [2.45, 2.75) is 70.9 Å². The van der Waals surface area contributed by atoms with Gasteiger partial charge in [0.1, 0.15) is 12.0 Å². The average molecular weight is 584 g/mol. The third-order valence-corrected chi connectivity index (χ3v) is 9.38. The van der Waals surface area contributed by atoms with E-state index < -0.39 is 22.2 Å². The number of hydrogen-bond acceptors (Lipinski definition) is 9. The smallest absolute Gasteiger partial charge is 0.409 e. The second-order valence-electron chi connectivity index (χ2n) is 10.5. The molecule has 2 aliphatic rings. The molecular formula is C28H45N3O8S. The number of benzene rings is 1. The summed E-state index contributed by atoms with van der Waals surface area (Å²) in [5.74, 6) is 0.637. The third-order valence-electron chi connectivity index (χ3n) is 7.50. The molecule has 2 saturated heterocycles. The van der Waals surface area contributed by atoms with Gasteiger partial charge in [-0.3, -0.25) is 9.63 Å². The molecule has 2 fully saturated rings. The number of ether oxygens (including phenoxy) is 3. The van der Waals surface area contributed by atoms with Crippen LogP contribution in [0.25, 0.3) is 0 Å². The highest BCUT2D eigenvalue weighted by molar-refractivity contribution is 7.89. The Morgan fingerprint density at radius 3 is 2.52 bits per heavy atom. The minimum absolute atomic E-state index is 0.00955. The van der Waals surface area contributed by atoms with E-state index in [1.807, 2.05) is 31.2 Å². The molecule has 1 aromatic carbocycles. The summed E-state index contributed by atoms with van der Waals surface area (Å²) in [6.07, 6.45) is 3.71. The molecular weight excluding hydrogens is 538 g/mol. The van der Waals surface area contributed by atoms with Gasteiger partial charge < -0.3 is 19.1 Å². The number of sulfonamides is 1. The zero-order valence-electron chi connectivity index (χ0n) is 24.0. The normalized spacial score (nSPS) is 19.0. The van der Waals surface area contributed by atoms with E-state index >= 15 is 0 Å². The Morgan fingerprint density at radius 2 is 1.90 bits per heavy atom. The van der Waals surface area contributed by atoms with E-state index in [1.54, 1.807) is 4.90 Å². The van der Waals surface area contributed by atoms with Gasteiger partial charge >= 0.3 is 12.1 Å². The van der Waals surface area contributed by atoms with Crippen molar-refractivity contribution in [3.8, 4) is 5.75 Å². The summed E-state index contributed by atoms with van der Waals surface area (Å²) >= 11 is 0. The maximum absolute atomic E-state index is 13.2. The number of nitrogens with zero attached hydrogens (tertiary/aromatic N) is 2. The van der Waals surface area contributed by atoms with Gasteiger partial charge in [0.15, 0.2) is 0 Å². The molecule has 0 radical (unpaired) electrons.